The van der Waals surface area contributed by atoms with Crippen molar-refractivity contribution in [3.8, 4) is 0 Å². The first-order valence-electron chi connectivity index (χ1n) is 22.1. The molecule has 0 aliphatic carbocycles. The van der Waals surface area contributed by atoms with Crippen LogP contribution in [0.1, 0.15) is 136 Å². The third kappa shape index (κ3) is 42.8. The van der Waals surface area contributed by atoms with E-state index in [0.29, 0.717) is 43.1 Å². The highest BCUT2D eigenvalue weighted by Crippen LogP contribution is 2.38. The fourth-order valence-electron chi connectivity index (χ4n) is 5.19. The van der Waals surface area contributed by atoms with E-state index in [-0.39, 0.29) is 26.1 Å². The Morgan fingerprint density at radius 3 is 1.85 bits per heavy atom. The van der Waals surface area contributed by atoms with Crippen molar-refractivity contribution >= 4 is 19.8 Å². The lowest BCUT2D eigenvalue weighted by Gasteiger charge is -2.28. The molecule has 0 aromatic rings. The number of ether oxygens (including phenoxy) is 2. The Labute approximate surface area is 358 Å². The van der Waals surface area contributed by atoms with Crippen LogP contribution in [0.15, 0.2) is 97.2 Å². The van der Waals surface area contributed by atoms with Gasteiger partial charge in [0.1, 0.15) is 19.8 Å². The Bertz CT molecular complexity index is 1340. The quantitative estimate of drug-likeness (QED) is 0.0161. The van der Waals surface area contributed by atoms with Gasteiger partial charge in [0.2, 0.25) is 0 Å². The SMILES string of the molecule is CC/C=C\C/C=C\C/C=C\C/C=C\CCCCCCC(=O)OC[C@H](COP(=O)([O-])OCC[N+](C)(C)C)OC(=O)CCC/C=C\C/C=C\C=C\[C@@H](O)C/C=C\CCCCC. The highest BCUT2D eigenvalue weighted by molar-refractivity contribution is 7.45. The van der Waals surface area contributed by atoms with Gasteiger partial charge in [0, 0.05) is 12.8 Å². The van der Waals surface area contributed by atoms with Crippen molar-refractivity contribution in [1.82, 2.24) is 0 Å². The predicted octanol–water partition coefficient (Wildman–Crippen LogP) is 10.9. The molecule has 1 N–H and O–H groups in total. The van der Waals surface area contributed by atoms with Crippen LogP contribution in [0.5, 0.6) is 0 Å². The van der Waals surface area contributed by atoms with Crippen LogP contribution in [-0.2, 0) is 32.7 Å². The number of rotatable bonds is 38. The highest BCUT2D eigenvalue weighted by Gasteiger charge is 2.21. The summed E-state index contributed by atoms with van der Waals surface area (Å²) >= 11 is 0. The third-order valence-corrected chi connectivity index (χ3v) is 9.63. The third-order valence-electron chi connectivity index (χ3n) is 8.67. The van der Waals surface area contributed by atoms with Crippen LogP contribution in [0.25, 0.3) is 0 Å². The summed E-state index contributed by atoms with van der Waals surface area (Å²) in [6.45, 7) is 3.87. The first-order valence-corrected chi connectivity index (χ1v) is 23.5. The molecule has 336 valence electrons. The van der Waals surface area contributed by atoms with Crippen molar-refractivity contribution < 1.29 is 47.2 Å². The number of allylic oxidation sites excluding steroid dienone is 14. The second-order valence-corrected chi connectivity index (χ2v) is 16.9. The number of phosphoric ester groups is 1. The average molecular weight is 846 g/mol. The summed E-state index contributed by atoms with van der Waals surface area (Å²) in [6.07, 6.45) is 47.5. The molecule has 0 radical (unpaired) electrons. The zero-order chi connectivity index (χ0) is 43.7. The number of nitrogens with zero attached hydrogens (tertiary/aromatic N) is 1. The van der Waals surface area contributed by atoms with Crippen molar-refractivity contribution in [2.45, 2.75) is 148 Å². The summed E-state index contributed by atoms with van der Waals surface area (Å²) in [5.41, 5.74) is 0. The molecular formula is C48H80NO9P. The number of aliphatic hydroxyl groups excluding tert-OH is 1. The summed E-state index contributed by atoms with van der Waals surface area (Å²) in [5, 5.41) is 10.0. The molecule has 11 heteroatoms. The van der Waals surface area contributed by atoms with Crippen molar-refractivity contribution in [3.05, 3.63) is 97.2 Å². The number of hydrogen-bond acceptors (Lipinski definition) is 9. The molecule has 0 bridgehead atoms. The first-order chi connectivity index (χ1) is 28.4. The van der Waals surface area contributed by atoms with Crippen molar-refractivity contribution in [1.29, 1.82) is 0 Å². The standard InChI is InChI=1S/C48H80NO9P/c1-6-8-10-12-14-15-16-17-18-19-20-21-22-23-27-31-35-39-47(51)55-43-46(44-57-59(53,54)56-42-41-49(3,4)5)58-48(52)40-36-32-28-25-24-26-30-34-38-45(50)37-33-29-13-11-9-7-2/h8,10,14-15,17-18,20-21,25-26,28-30,33-34,38,45-46,50H,6-7,9,11-13,16,19,22-24,27,31-32,35-37,39-44H2,1-5H3/b10-8-,15-14-,18-17-,21-20-,28-25-,30-26-,33-29-,38-34+/t45-,46+/m0/s1. The van der Waals surface area contributed by atoms with Gasteiger partial charge in [-0.05, 0) is 83.5 Å². The van der Waals surface area contributed by atoms with Crippen molar-refractivity contribution in [2.75, 3.05) is 47.5 Å². The zero-order valence-electron chi connectivity index (χ0n) is 37.3. The molecule has 0 spiro atoms. The van der Waals surface area contributed by atoms with Gasteiger partial charge in [-0.3, -0.25) is 14.2 Å². The molecule has 0 aliphatic heterocycles. The van der Waals surface area contributed by atoms with Gasteiger partial charge >= 0.3 is 11.9 Å². The average Bonchev–Trinajstić information content (AvgIpc) is 3.18. The number of aliphatic hydroxyl groups is 1. The minimum atomic E-state index is -4.67. The predicted molar refractivity (Wildman–Crippen MR) is 241 cm³/mol. The molecule has 59 heavy (non-hydrogen) atoms. The van der Waals surface area contributed by atoms with Gasteiger partial charge in [-0.15, -0.1) is 0 Å². The molecule has 0 aromatic heterocycles. The van der Waals surface area contributed by atoms with E-state index in [2.05, 4.69) is 68.5 Å². The lowest BCUT2D eigenvalue weighted by Crippen LogP contribution is -2.37. The minimum Gasteiger partial charge on any atom is -0.756 e. The smallest absolute Gasteiger partial charge is 0.306 e. The van der Waals surface area contributed by atoms with Crippen LogP contribution >= 0.6 is 7.82 Å². The van der Waals surface area contributed by atoms with E-state index in [9.17, 15) is 24.2 Å². The molecule has 0 saturated carbocycles. The van der Waals surface area contributed by atoms with E-state index >= 15 is 0 Å². The topological polar surface area (TPSA) is 131 Å². The molecule has 0 amide bonds. The second-order valence-electron chi connectivity index (χ2n) is 15.5. The van der Waals surface area contributed by atoms with Crippen LogP contribution in [-0.4, -0.2) is 81.2 Å². The fraction of sp³-hybridized carbons (Fsp3) is 0.625. The van der Waals surface area contributed by atoms with E-state index in [0.717, 1.165) is 57.8 Å². The molecule has 0 saturated heterocycles. The Hall–Kier alpha value is -3.11. The molecular weight excluding hydrogens is 765 g/mol. The number of hydrogen-bond donors (Lipinski definition) is 1. The van der Waals surface area contributed by atoms with Gasteiger partial charge in [0.05, 0.1) is 33.9 Å². The second kappa shape index (κ2) is 39.1. The normalized spacial score (nSPS) is 15.0. The van der Waals surface area contributed by atoms with E-state index in [4.69, 9.17) is 18.5 Å². The Morgan fingerprint density at radius 1 is 0.644 bits per heavy atom. The summed E-state index contributed by atoms with van der Waals surface area (Å²) in [5.74, 6) is -0.979. The summed E-state index contributed by atoms with van der Waals surface area (Å²) in [6, 6.07) is 0. The van der Waals surface area contributed by atoms with Gasteiger partial charge in [-0.1, -0.05) is 137 Å². The van der Waals surface area contributed by atoms with Gasteiger partial charge in [0.15, 0.2) is 6.10 Å². The van der Waals surface area contributed by atoms with E-state index < -0.39 is 38.6 Å². The number of carbonyl (C=O) groups excluding carboxylic acids is 2. The minimum absolute atomic E-state index is 0.0621. The van der Waals surface area contributed by atoms with Crippen molar-refractivity contribution in [3.63, 3.8) is 0 Å². The van der Waals surface area contributed by atoms with Crippen molar-refractivity contribution in [2.24, 2.45) is 0 Å². The van der Waals surface area contributed by atoms with E-state index in [1.807, 2.05) is 57.6 Å². The molecule has 0 rings (SSSR count). The Kier molecular flexibility index (Phi) is 37.0. The number of phosphoric acid groups is 1. The number of esters is 2. The van der Waals surface area contributed by atoms with Crippen LogP contribution in [0.4, 0.5) is 0 Å². The number of likely N-dealkylation sites (N-methyl/N-ethyl adjacent to an activating group) is 1. The fourth-order valence-corrected chi connectivity index (χ4v) is 5.92. The lowest BCUT2D eigenvalue weighted by molar-refractivity contribution is -0.870. The molecule has 3 atom stereocenters. The van der Waals surface area contributed by atoms with Crippen LogP contribution < -0.4 is 4.89 Å². The number of quaternary nitrogens is 1. The molecule has 0 heterocycles. The molecule has 1 unspecified atom stereocenters. The molecule has 0 fully saturated rings. The lowest BCUT2D eigenvalue weighted by atomic mass is 10.1. The summed E-state index contributed by atoms with van der Waals surface area (Å²) in [4.78, 5) is 37.5. The van der Waals surface area contributed by atoms with E-state index in [1.165, 1.54) is 19.3 Å². The Balaban J connectivity index is 4.59. The summed E-state index contributed by atoms with van der Waals surface area (Å²) < 4.78 is 33.8. The maximum absolute atomic E-state index is 12.7. The maximum Gasteiger partial charge on any atom is 0.306 e. The van der Waals surface area contributed by atoms with Gasteiger partial charge in [0.25, 0.3) is 7.82 Å². The molecule has 0 aromatic carbocycles. The zero-order valence-corrected chi connectivity index (χ0v) is 38.2. The van der Waals surface area contributed by atoms with Gasteiger partial charge in [-0.25, -0.2) is 0 Å². The highest BCUT2D eigenvalue weighted by atomic mass is 31.2. The van der Waals surface area contributed by atoms with E-state index in [1.54, 1.807) is 6.08 Å². The van der Waals surface area contributed by atoms with Crippen LogP contribution in [0.2, 0.25) is 0 Å². The monoisotopic (exact) mass is 846 g/mol. The van der Waals surface area contributed by atoms with Gasteiger partial charge in [-0.2, -0.15) is 0 Å². The van der Waals surface area contributed by atoms with Gasteiger partial charge < -0.3 is 33.0 Å². The Morgan fingerprint density at radius 2 is 1.20 bits per heavy atom. The molecule has 10 nitrogen and oxygen atoms in total. The maximum atomic E-state index is 12.7. The van der Waals surface area contributed by atoms with Crippen LogP contribution in [0.3, 0.4) is 0 Å². The molecule has 0 aliphatic rings. The first kappa shape index (κ1) is 55.9. The number of carbonyl (C=O) groups is 2. The largest absolute Gasteiger partial charge is 0.756 e. The van der Waals surface area contributed by atoms with Crippen LogP contribution in [0, 0.1) is 0 Å². The summed E-state index contributed by atoms with van der Waals surface area (Å²) in [7, 11) is 1.06. The number of unbranched alkanes of at least 4 members (excludes halogenated alkanes) is 8.